The SMILES string of the molecule is CCN(C)CC(C)NCc1ccc(Cl)c(Br)c1. The van der Waals surface area contributed by atoms with E-state index in [1.165, 1.54) is 5.56 Å². The van der Waals surface area contributed by atoms with E-state index in [2.05, 4.69) is 59.2 Å². The van der Waals surface area contributed by atoms with Crippen molar-refractivity contribution in [2.45, 2.75) is 26.4 Å². The van der Waals surface area contributed by atoms with E-state index in [0.717, 1.165) is 29.1 Å². The Labute approximate surface area is 117 Å². The van der Waals surface area contributed by atoms with Crippen LogP contribution >= 0.6 is 27.5 Å². The first-order valence-electron chi connectivity index (χ1n) is 5.88. The molecule has 4 heteroatoms. The molecule has 0 fully saturated rings. The highest BCUT2D eigenvalue weighted by Crippen LogP contribution is 2.23. The Bertz CT molecular complexity index is 357. The smallest absolute Gasteiger partial charge is 0.0548 e. The molecule has 0 aromatic heterocycles. The van der Waals surface area contributed by atoms with Crippen LogP contribution in [0.2, 0.25) is 5.02 Å². The van der Waals surface area contributed by atoms with Gasteiger partial charge in [-0.2, -0.15) is 0 Å². The quantitative estimate of drug-likeness (QED) is 0.863. The van der Waals surface area contributed by atoms with Crippen LogP contribution in [0.3, 0.4) is 0 Å². The Morgan fingerprint density at radius 2 is 2.18 bits per heavy atom. The molecule has 1 unspecified atom stereocenters. The lowest BCUT2D eigenvalue weighted by molar-refractivity contribution is 0.309. The monoisotopic (exact) mass is 318 g/mol. The normalized spacial score (nSPS) is 13.1. The van der Waals surface area contributed by atoms with E-state index in [4.69, 9.17) is 11.6 Å². The lowest BCUT2D eigenvalue weighted by Gasteiger charge is -2.20. The molecule has 0 saturated carbocycles. The van der Waals surface area contributed by atoms with E-state index < -0.39 is 0 Å². The maximum Gasteiger partial charge on any atom is 0.0548 e. The summed E-state index contributed by atoms with van der Waals surface area (Å²) in [7, 11) is 2.14. The Morgan fingerprint density at radius 1 is 1.47 bits per heavy atom. The van der Waals surface area contributed by atoms with Crippen molar-refractivity contribution in [2.24, 2.45) is 0 Å². The lowest BCUT2D eigenvalue weighted by atomic mass is 10.2. The van der Waals surface area contributed by atoms with Crippen molar-refractivity contribution in [3.63, 3.8) is 0 Å². The number of likely N-dealkylation sites (N-methyl/N-ethyl adjacent to an activating group) is 1. The van der Waals surface area contributed by atoms with E-state index in [-0.39, 0.29) is 0 Å². The number of halogens is 2. The zero-order valence-electron chi connectivity index (χ0n) is 10.6. The fraction of sp³-hybridized carbons (Fsp3) is 0.538. The summed E-state index contributed by atoms with van der Waals surface area (Å²) in [5.74, 6) is 0. The van der Waals surface area contributed by atoms with Crippen molar-refractivity contribution in [2.75, 3.05) is 20.1 Å². The third-order valence-electron chi connectivity index (χ3n) is 2.76. The second-order valence-electron chi connectivity index (χ2n) is 4.39. The standard InChI is InChI=1S/C13H20BrClN2/c1-4-17(3)9-10(2)16-8-11-5-6-13(15)12(14)7-11/h5-7,10,16H,4,8-9H2,1-3H3. The molecule has 0 amide bonds. The first-order valence-corrected chi connectivity index (χ1v) is 7.06. The van der Waals surface area contributed by atoms with Gasteiger partial charge in [-0.3, -0.25) is 0 Å². The van der Waals surface area contributed by atoms with Gasteiger partial charge in [-0.15, -0.1) is 0 Å². The van der Waals surface area contributed by atoms with Crippen molar-refractivity contribution in [1.29, 1.82) is 0 Å². The van der Waals surface area contributed by atoms with Crippen LogP contribution in [-0.4, -0.2) is 31.1 Å². The van der Waals surface area contributed by atoms with Gasteiger partial charge in [-0.05, 0) is 54.1 Å². The minimum absolute atomic E-state index is 0.481. The van der Waals surface area contributed by atoms with Gasteiger partial charge in [-0.1, -0.05) is 24.6 Å². The topological polar surface area (TPSA) is 15.3 Å². The summed E-state index contributed by atoms with van der Waals surface area (Å²) in [5.41, 5.74) is 1.24. The Balaban J connectivity index is 2.42. The maximum atomic E-state index is 5.96. The van der Waals surface area contributed by atoms with E-state index >= 15 is 0 Å². The molecule has 0 aliphatic rings. The predicted octanol–water partition coefficient (Wildman–Crippen LogP) is 3.53. The highest BCUT2D eigenvalue weighted by atomic mass is 79.9. The van der Waals surface area contributed by atoms with Crippen LogP contribution in [0.5, 0.6) is 0 Å². The van der Waals surface area contributed by atoms with Crippen LogP contribution in [0.1, 0.15) is 19.4 Å². The van der Waals surface area contributed by atoms with Crippen molar-refractivity contribution in [3.8, 4) is 0 Å². The fourth-order valence-electron chi connectivity index (χ4n) is 1.60. The summed E-state index contributed by atoms with van der Waals surface area (Å²) in [6, 6.07) is 6.52. The third-order valence-corrected chi connectivity index (χ3v) is 3.98. The average Bonchev–Trinajstić information content (AvgIpc) is 2.30. The Kier molecular flexibility index (Phi) is 6.49. The van der Waals surface area contributed by atoms with E-state index in [0.29, 0.717) is 6.04 Å². The van der Waals surface area contributed by atoms with Gasteiger partial charge in [0.05, 0.1) is 5.02 Å². The third kappa shape index (κ3) is 5.38. The number of hydrogen-bond donors (Lipinski definition) is 1. The number of nitrogens with zero attached hydrogens (tertiary/aromatic N) is 1. The highest BCUT2D eigenvalue weighted by Gasteiger charge is 2.05. The molecule has 0 bridgehead atoms. The lowest BCUT2D eigenvalue weighted by Crippen LogP contribution is -2.36. The van der Waals surface area contributed by atoms with E-state index in [1.54, 1.807) is 0 Å². The first-order chi connectivity index (χ1) is 8.02. The molecule has 1 aromatic carbocycles. The molecule has 1 aromatic rings. The minimum atomic E-state index is 0.481. The van der Waals surface area contributed by atoms with Gasteiger partial charge in [0.2, 0.25) is 0 Å². The average molecular weight is 320 g/mol. The summed E-state index contributed by atoms with van der Waals surface area (Å²) in [4.78, 5) is 2.30. The number of benzene rings is 1. The second-order valence-corrected chi connectivity index (χ2v) is 5.65. The molecule has 0 aliphatic heterocycles. The van der Waals surface area contributed by atoms with Gasteiger partial charge in [0.1, 0.15) is 0 Å². The summed E-state index contributed by atoms with van der Waals surface area (Å²) in [6.45, 7) is 7.39. The molecule has 1 rings (SSSR count). The number of rotatable bonds is 6. The molecule has 96 valence electrons. The molecule has 0 saturated heterocycles. The Hall–Kier alpha value is -0.0900. The summed E-state index contributed by atoms with van der Waals surface area (Å²) in [5, 5.41) is 4.26. The fourth-order valence-corrected chi connectivity index (χ4v) is 2.15. The molecule has 1 N–H and O–H groups in total. The largest absolute Gasteiger partial charge is 0.309 e. The predicted molar refractivity (Wildman–Crippen MR) is 78.6 cm³/mol. The van der Waals surface area contributed by atoms with Crippen LogP contribution in [-0.2, 0) is 6.54 Å². The van der Waals surface area contributed by atoms with Crippen molar-refractivity contribution >= 4 is 27.5 Å². The van der Waals surface area contributed by atoms with Crippen LogP contribution < -0.4 is 5.32 Å². The summed E-state index contributed by atoms with van der Waals surface area (Å²) >= 11 is 9.39. The zero-order chi connectivity index (χ0) is 12.8. The molecule has 1 atom stereocenters. The second kappa shape index (κ2) is 7.37. The van der Waals surface area contributed by atoms with Gasteiger partial charge >= 0.3 is 0 Å². The minimum Gasteiger partial charge on any atom is -0.309 e. The van der Waals surface area contributed by atoms with Crippen LogP contribution in [0.25, 0.3) is 0 Å². The summed E-state index contributed by atoms with van der Waals surface area (Å²) < 4.78 is 0.955. The first kappa shape index (κ1) is 15.0. The van der Waals surface area contributed by atoms with Crippen LogP contribution in [0, 0.1) is 0 Å². The Morgan fingerprint density at radius 3 is 2.76 bits per heavy atom. The van der Waals surface area contributed by atoms with E-state index in [9.17, 15) is 0 Å². The molecular formula is C13H20BrClN2. The number of hydrogen-bond acceptors (Lipinski definition) is 2. The summed E-state index contributed by atoms with van der Waals surface area (Å²) in [6.07, 6.45) is 0. The zero-order valence-corrected chi connectivity index (χ0v) is 13.0. The van der Waals surface area contributed by atoms with Gasteiger partial charge in [0.15, 0.2) is 0 Å². The molecule has 0 aliphatic carbocycles. The van der Waals surface area contributed by atoms with Crippen LogP contribution in [0.15, 0.2) is 22.7 Å². The molecule has 0 heterocycles. The van der Waals surface area contributed by atoms with Crippen molar-refractivity contribution < 1.29 is 0 Å². The van der Waals surface area contributed by atoms with Crippen molar-refractivity contribution in [1.82, 2.24) is 10.2 Å². The van der Waals surface area contributed by atoms with Gasteiger partial charge in [0, 0.05) is 23.6 Å². The molecule has 0 spiro atoms. The van der Waals surface area contributed by atoms with E-state index in [1.807, 2.05) is 6.07 Å². The van der Waals surface area contributed by atoms with Crippen LogP contribution in [0.4, 0.5) is 0 Å². The highest BCUT2D eigenvalue weighted by molar-refractivity contribution is 9.10. The molecular weight excluding hydrogens is 300 g/mol. The molecule has 0 radical (unpaired) electrons. The van der Waals surface area contributed by atoms with Gasteiger partial charge in [0.25, 0.3) is 0 Å². The van der Waals surface area contributed by atoms with Gasteiger partial charge < -0.3 is 10.2 Å². The van der Waals surface area contributed by atoms with Crippen molar-refractivity contribution in [3.05, 3.63) is 33.3 Å². The maximum absolute atomic E-state index is 5.96. The van der Waals surface area contributed by atoms with Gasteiger partial charge in [-0.25, -0.2) is 0 Å². The molecule has 2 nitrogen and oxygen atoms in total. The number of nitrogens with one attached hydrogen (secondary N) is 1. The molecule has 17 heavy (non-hydrogen) atoms.